The minimum absolute atomic E-state index is 0.0113. The highest BCUT2D eigenvalue weighted by molar-refractivity contribution is 5.92. The zero-order valence-electron chi connectivity index (χ0n) is 13.5. The zero-order valence-corrected chi connectivity index (χ0v) is 13.5. The largest absolute Gasteiger partial charge is 0.394 e. The number of amides is 2. The van der Waals surface area contributed by atoms with Crippen molar-refractivity contribution in [3.63, 3.8) is 0 Å². The van der Waals surface area contributed by atoms with Crippen molar-refractivity contribution in [1.29, 1.82) is 0 Å². The molecule has 3 heterocycles. The summed E-state index contributed by atoms with van der Waals surface area (Å²) in [5.74, 6) is 0.0525. The Balaban J connectivity index is 1.77. The van der Waals surface area contributed by atoms with Gasteiger partial charge in [-0.15, -0.1) is 5.10 Å². The predicted molar refractivity (Wildman–Crippen MR) is 82.5 cm³/mol. The topological polar surface area (TPSA) is 86.6 Å². The standard InChI is InChI=1S/C16H22N4O3/c1-11(22)20-14-5-7-19(9-12(14)8-16(20,2)10-21)15(23)13-4-3-6-17-18-13/h3-4,6,12,14,21H,5,7-10H2,1-2H3/t12-,14-,16+/m0/s1. The van der Waals surface area contributed by atoms with E-state index in [1.807, 2.05) is 11.8 Å². The molecule has 1 N–H and O–H groups in total. The second-order valence-electron chi connectivity index (χ2n) is 6.72. The Morgan fingerprint density at radius 1 is 1.48 bits per heavy atom. The van der Waals surface area contributed by atoms with Gasteiger partial charge in [0.25, 0.3) is 5.91 Å². The quantitative estimate of drug-likeness (QED) is 0.848. The molecular weight excluding hydrogens is 296 g/mol. The number of aliphatic hydroxyl groups is 1. The van der Waals surface area contributed by atoms with Crippen LogP contribution in [0.25, 0.3) is 0 Å². The number of piperidine rings is 1. The smallest absolute Gasteiger partial charge is 0.274 e. The molecule has 0 bridgehead atoms. The van der Waals surface area contributed by atoms with Gasteiger partial charge in [-0.3, -0.25) is 9.59 Å². The van der Waals surface area contributed by atoms with E-state index in [9.17, 15) is 14.7 Å². The number of carbonyl (C=O) groups is 2. The lowest BCUT2D eigenvalue weighted by atomic mass is 9.89. The summed E-state index contributed by atoms with van der Waals surface area (Å²) < 4.78 is 0. The summed E-state index contributed by atoms with van der Waals surface area (Å²) in [6.07, 6.45) is 2.97. The Kier molecular flexibility index (Phi) is 4.06. The predicted octanol–water partition coefficient (Wildman–Crippen LogP) is 0.311. The van der Waals surface area contributed by atoms with Crippen molar-refractivity contribution in [2.45, 2.75) is 38.3 Å². The highest BCUT2D eigenvalue weighted by Gasteiger charge is 2.51. The lowest BCUT2D eigenvalue weighted by Crippen LogP contribution is -2.53. The van der Waals surface area contributed by atoms with Crippen LogP contribution >= 0.6 is 0 Å². The maximum atomic E-state index is 12.5. The van der Waals surface area contributed by atoms with Gasteiger partial charge in [-0.1, -0.05) is 0 Å². The first-order valence-electron chi connectivity index (χ1n) is 7.94. The van der Waals surface area contributed by atoms with E-state index in [1.165, 1.54) is 6.20 Å². The third-order valence-electron chi connectivity index (χ3n) is 5.07. The molecule has 0 radical (unpaired) electrons. The molecule has 1 aromatic rings. The van der Waals surface area contributed by atoms with Crippen LogP contribution in [0.2, 0.25) is 0 Å². The number of hydrogen-bond acceptors (Lipinski definition) is 5. The van der Waals surface area contributed by atoms with Crippen molar-refractivity contribution in [3.05, 3.63) is 24.0 Å². The van der Waals surface area contributed by atoms with Crippen molar-refractivity contribution in [3.8, 4) is 0 Å². The molecule has 1 aromatic heterocycles. The first-order chi connectivity index (χ1) is 11.0. The van der Waals surface area contributed by atoms with Crippen LogP contribution in [-0.2, 0) is 4.79 Å². The Labute approximate surface area is 135 Å². The lowest BCUT2D eigenvalue weighted by Gasteiger charge is -2.40. The number of likely N-dealkylation sites (tertiary alicyclic amines) is 2. The maximum absolute atomic E-state index is 12.5. The fourth-order valence-corrected chi connectivity index (χ4v) is 4.14. The SMILES string of the molecule is CC(=O)N1[C@H]2CCN(C(=O)c3cccnn3)C[C@@H]2C[C@]1(C)CO. The van der Waals surface area contributed by atoms with E-state index in [2.05, 4.69) is 10.2 Å². The second-order valence-corrected chi connectivity index (χ2v) is 6.72. The van der Waals surface area contributed by atoms with E-state index in [0.29, 0.717) is 25.2 Å². The van der Waals surface area contributed by atoms with Crippen molar-refractivity contribution < 1.29 is 14.7 Å². The molecule has 0 spiro atoms. The Morgan fingerprint density at radius 3 is 2.87 bits per heavy atom. The average Bonchev–Trinajstić information content (AvgIpc) is 2.86. The Bertz CT molecular complexity index is 609. The molecule has 23 heavy (non-hydrogen) atoms. The molecule has 0 unspecified atom stereocenters. The van der Waals surface area contributed by atoms with Crippen molar-refractivity contribution in [2.75, 3.05) is 19.7 Å². The van der Waals surface area contributed by atoms with Gasteiger partial charge in [0.2, 0.25) is 5.91 Å². The second kappa shape index (κ2) is 5.88. The molecule has 7 nitrogen and oxygen atoms in total. The van der Waals surface area contributed by atoms with Gasteiger partial charge < -0.3 is 14.9 Å². The minimum Gasteiger partial charge on any atom is -0.394 e. The highest BCUT2D eigenvalue weighted by atomic mass is 16.3. The summed E-state index contributed by atoms with van der Waals surface area (Å²) in [5.41, 5.74) is -0.190. The summed E-state index contributed by atoms with van der Waals surface area (Å²) in [6.45, 7) is 4.58. The van der Waals surface area contributed by atoms with Crippen LogP contribution < -0.4 is 0 Å². The molecule has 0 saturated carbocycles. The van der Waals surface area contributed by atoms with Crippen LogP contribution in [0.3, 0.4) is 0 Å². The van der Waals surface area contributed by atoms with Crippen LogP contribution in [0, 0.1) is 5.92 Å². The van der Waals surface area contributed by atoms with Crippen molar-refractivity contribution >= 4 is 11.8 Å². The maximum Gasteiger partial charge on any atom is 0.274 e. The van der Waals surface area contributed by atoms with E-state index in [-0.39, 0.29) is 30.4 Å². The number of fused-ring (bicyclic) bond motifs is 1. The third-order valence-corrected chi connectivity index (χ3v) is 5.07. The fourth-order valence-electron chi connectivity index (χ4n) is 4.14. The zero-order chi connectivity index (χ0) is 16.6. The molecule has 7 heteroatoms. The summed E-state index contributed by atoms with van der Waals surface area (Å²) in [4.78, 5) is 28.2. The van der Waals surface area contributed by atoms with E-state index >= 15 is 0 Å². The lowest BCUT2D eigenvalue weighted by molar-refractivity contribution is -0.137. The molecule has 3 atom stereocenters. The third kappa shape index (κ3) is 2.69. The van der Waals surface area contributed by atoms with Crippen LogP contribution in [0.15, 0.2) is 18.3 Å². The van der Waals surface area contributed by atoms with Gasteiger partial charge >= 0.3 is 0 Å². The first kappa shape index (κ1) is 15.9. The van der Waals surface area contributed by atoms with Crippen LogP contribution in [0.1, 0.15) is 37.2 Å². The summed E-state index contributed by atoms with van der Waals surface area (Å²) in [5, 5.41) is 17.4. The Morgan fingerprint density at radius 2 is 2.26 bits per heavy atom. The van der Waals surface area contributed by atoms with Gasteiger partial charge in [0.1, 0.15) is 0 Å². The molecule has 124 valence electrons. The average molecular weight is 318 g/mol. The van der Waals surface area contributed by atoms with Gasteiger partial charge in [0, 0.05) is 32.3 Å². The molecule has 3 rings (SSSR count). The number of carbonyl (C=O) groups excluding carboxylic acids is 2. The minimum atomic E-state index is -0.535. The van der Waals surface area contributed by atoms with Crippen LogP contribution in [0.4, 0.5) is 0 Å². The van der Waals surface area contributed by atoms with E-state index < -0.39 is 5.54 Å². The highest BCUT2D eigenvalue weighted by Crippen LogP contribution is 2.42. The van der Waals surface area contributed by atoms with Gasteiger partial charge in [0.15, 0.2) is 5.69 Å². The van der Waals surface area contributed by atoms with E-state index in [1.54, 1.807) is 24.0 Å². The molecule has 2 fully saturated rings. The number of hydrogen-bond donors (Lipinski definition) is 1. The molecular formula is C16H22N4O3. The molecule has 2 aliphatic heterocycles. The number of aliphatic hydroxyl groups excluding tert-OH is 1. The van der Waals surface area contributed by atoms with Gasteiger partial charge in [-0.05, 0) is 37.8 Å². The number of nitrogens with zero attached hydrogens (tertiary/aromatic N) is 4. The van der Waals surface area contributed by atoms with Gasteiger partial charge in [0.05, 0.1) is 12.1 Å². The van der Waals surface area contributed by atoms with Crippen molar-refractivity contribution in [2.24, 2.45) is 5.92 Å². The summed E-state index contributed by atoms with van der Waals surface area (Å²) >= 11 is 0. The molecule has 2 amide bonds. The van der Waals surface area contributed by atoms with Gasteiger partial charge in [-0.2, -0.15) is 5.10 Å². The molecule has 2 aliphatic rings. The monoisotopic (exact) mass is 318 g/mol. The number of rotatable bonds is 2. The van der Waals surface area contributed by atoms with Gasteiger partial charge in [-0.25, -0.2) is 0 Å². The summed E-state index contributed by atoms with van der Waals surface area (Å²) in [6, 6.07) is 3.45. The first-order valence-corrected chi connectivity index (χ1v) is 7.94. The fraction of sp³-hybridized carbons (Fsp3) is 0.625. The normalized spacial score (nSPS) is 30.2. The van der Waals surface area contributed by atoms with E-state index in [4.69, 9.17) is 0 Å². The van der Waals surface area contributed by atoms with Crippen molar-refractivity contribution in [1.82, 2.24) is 20.0 Å². The Hall–Kier alpha value is -2.02. The van der Waals surface area contributed by atoms with E-state index in [0.717, 1.165) is 6.42 Å². The molecule has 0 aliphatic carbocycles. The number of aromatic nitrogens is 2. The summed E-state index contributed by atoms with van der Waals surface area (Å²) in [7, 11) is 0. The molecule has 2 saturated heterocycles. The molecule has 0 aromatic carbocycles. The van der Waals surface area contributed by atoms with Crippen LogP contribution in [-0.4, -0.2) is 68.2 Å². The van der Waals surface area contributed by atoms with Crippen LogP contribution in [0.5, 0.6) is 0 Å².